The summed E-state index contributed by atoms with van der Waals surface area (Å²) in [6.07, 6.45) is 5.57. The fourth-order valence-electron chi connectivity index (χ4n) is 1.11. The Bertz CT molecular complexity index is 233. The molecule has 74 valence electrons. The van der Waals surface area contributed by atoms with Crippen LogP contribution in [0.25, 0.3) is 0 Å². The van der Waals surface area contributed by atoms with Gasteiger partial charge in [0.05, 0.1) is 5.01 Å². The van der Waals surface area contributed by atoms with Crippen LogP contribution in [0.4, 0.5) is 0 Å². The molecule has 0 atom stereocenters. The third-order valence-electron chi connectivity index (χ3n) is 1.91. The molecule has 0 saturated carbocycles. The van der Waals surface area contributed by atoms with Crippen molar-refractivity contribution in [2.24, 2.45) is 0 Å². The summed E-state index contributed by atoms with van der Waals surface area (Å²) >= 11 is 1.82. The Morgan fingerprint density at radius 1 is 1.46 bits per heavy atom. The molecule has 0 bridgehead atoms. The van der Waals surface area contributed by atoms with E-state index in [1.165, 1.54) is 22.7 Å². The smallest absolute Gasteiger partial charge is 0.0925 e. The van der Waals surface area contributed by atoms with Crippen molar-refractivity contribution in [3.63, 3.8) is 0 Å². The number of hydrogen-bond donors (Lipinski definition) is 1. The molecule has 0 radical (unpaired) electrons. The van der Waals surface area contributed by atoms with Crippen molar-refractivity contribution >= 4 is 11.3 Å². The van der Waals surface area contributed by atoms with Gasteiger partial charge in [-0.1, -0.05) is 20.3 Å². The Labute approximate surface area is 84.4 Å². The Morgan fingerprint density at radius 2 is 2.31 bits per heavy atom. The monoisotopic (exact) mass is 198 g/mol. The fourth-order valence-corrected chi connectivity index (χ4v) is 1.94. The summed E-state index contributed by atoms with van der Waals surface area (Å²) in [5.74, 6) is 0. The Morgan fingerprint density at radius 3 is 2.92 bits per heavy atom. The Hall–Kier alpha value is -0.410. The zero-order chi connectivity index (χ0) is 9.52. The third kappa shape index (κ3) is 3.87. The first-order valence-corrected chi connectivity index (χ1v) is 5.82. The lowest BCUT2D eigenvalue weighted by Gasteiger charge is -1.99. The lowest BCUT2D eigenvalue weighted by Crippen LogP contribution is -2.13. The standard InChI is InChI=1S/C10H18N2S/c1-3-5-6-11-7-9-8-12-10(4-2)13-9/h8,11H,3-7H2,1-2H3. The predicted molar refractivity (Wildman–Crippen MR) is 58.1 cm³/mol. The summed E-state index contributed by atoms with van der Waals surface area (Å²) in [6.45, 7) is 6.46. The summed E-state index contributed by atoms with van der Waals surface area (Å²) in [5, 5.41) is 4.65. The molecule has 0 amide bonds. The van der Waals surface area contributed by atoms with Crippen molar-refractivity contribution in [2.45, 2.75) is 39.7 Å². The van der Waals surface area contributed by atoms with E-state index in [4.69, 9.17) is 0 Å². The second-order valence-corrected chi connectivity index (χ2v) is 4.30. The number of hydrogen-bond acceptors (Lipinski definition) is 3. The number of aryl methyl sites for hydroxylation is 1. The number of nitrogens with one attached hydrogen (secondary N) is 1. The van der Waals surface area contributed by atoms with Gasteiger partial charge in [-0.05, 0) is 19.4 Å². The molecule has 1 N–H and O–H groups in total. The highest BCUT2D eigenvalue weighted by Gasteiger charge is 1.98. The van der Waals surface area contributed by atoms with Gasteiger partial charge < -0.3 is 5.32 Å². The van der Waals surface area contributed by atoms with Crippen LogP contribution in [0, 0.1) is 0 Å². The molecule has 1 rings (SSSR count). The number of rotatable bonds is 6. The largest absolute Gasteiger partial charge is 0.312 e. The molecule has 0 unspecified atom stereocenters. The van der Waals surface area contributed by atoms with Crippen LogP contribution in [0.2, 0.25) is 0 Å². The van der Waals surface area contributed by atoms with Crippen molar-refractivity contribution in [2.75, 3.05) is 6.54 Å². The maximum absolute atomic E-state index is 4.31. The van der Waals surface area contributed by atoms with Crippen molar-refractivity contribution in [1.29, 1.82) is 0 Å². The van der Waals surface area contributed by atoms with Gasteiger partial charge >= 0.3 is 0 Å². The summed E-state index contributed by atoms with van der Waals surface area (Å²) in [5.41, 5.74) is 0. The molecular formula is C10H18N2S. The van der Waals surface area contributed by atoms with Gasteiger partial charge in [0.2, 0.25) is 0 Å². The van der Waals surface area contributed by atoms with E-state index in [0.717, 1.165) is 19.5 Å². The van der Waals surface area contributed by atoms with Gasteiger partial charge in [0.25, 0.3) is 0 Å². The highest BCUT2D eigenvalue weighted by atomic mass is 32.1. The van der Waals surface area contributed by atoms with Crippen molar-refractivity contribution in [3.8, 4) is 0 Å². The molecule has 0 aliphatic carbocycles. The van der Waals surface area contributed by atoms with Gasteiger partial charge in [-0.15, -0.1) is 11.3 Å². The molecule has 1 heterocycles. The molecule has 0 aliphatic heterocycles. The van der Waals surface area contributed by atoms with E-state index in [0.29, 0.717) is 0 Å². The maximum atomic E-state index is 4.31. The van der Waals surface area contributed by atoms with Crippen LogP contribution in [0.5, 0.6) is 0 Å². The van der Waals surface area contributed by atoms with Crippen LogP contribution in [-0.2, 0) is 13.0 Å². The number of nitrogens with zero attached hydrogens (tertiary/aromatic N) is 1. The van der Waals surface area contributed by atoms with E-state index in [1.54, 1.807) is 0 Å². The Kier molecular flexibility index (Phi) is 5.01. The van der Waals surface area contributed by atoms with E-state index in [2.05, 4.69) is 24.1 Å². The van der Waals surface area contributed by atoms with Crippen molar-refractivity contribution in [1.82, 2.24) is 10.3 Å². The molecule has 13 heavy (non-hydrogen) atoms. The van der Waals surface area contributed by atoms with E-state index in [1.807, 2.05) is 17.5 Å². The minimum atomic E-state index is 0.984. The lowest BCUT2D eigenvalue weighted by atomic mass is 10.3. The molecule has 0 spiro atoms. The first-order valence-electron chi connectivity index (χ1n) is 5.01. The molecular weight excluding hydrogens is 180 g/mol. The average Bonchev–Trinajstić information content (AvgIpc) is 2.60. The van der Waals surface area contributed by atoms with Crippen molar-refractivity contribution < 1.29 is 0 Å². The van der Waals surface area contributed by atoms with E-state index in [-0.39, 0.29) is 0 Å². The zero-order valence-corrected chi connectivity index (χ0v) is 9.28. The summed E-state index contributed by atoms with van der Waals surface area (Å²) in [6, 6.07) is 0. The van der Waals surface area contributed by atoms with Crippen LogP contribution < -0.4 is 5.32 Å². The molecule has 1 aromatic heterocycles. The van der Waals surface area contributed by atoms with Gasteiger partial charge in [-0.2, -0.15) is 0 Å². The highest BCUT2D eigenvalue weighted by Crippen LogP contribution is 2.12. The highest BCUT2D eigenvalue weighted by molar-refractivity contribution is 7.11. The molecule has 0 aliphatic rings. The van der Waals surface area contributed by atoms with E-state index < -0.39 is 0 Å². The van der Waals surface area contributed by atoms with Gasteiger partial charge in [0.15, 0.2) is 0 Å². The van der Waals surface area contributed by atoms with Crippen LogP contribution >= 0.6 is 11.3 Å². The van der Waals surface area contributed by atoms with Crippen molar-refractivity contribution in [3.05, 3.63) is 16.1 Å². The lowest BCUT2D eigenvalue weighted by molar-refractivity contribution is 0.645. The van der Waals surface area contributed by atoms with E-state index in [9.17, 15) is 0 Å². The predicted octanol–water partition coefficient (Wildman–Crippen LogP) is 2.60. The second kappa shape index (κ2) is 6.11. The molecule has 0 aromatic carbocycles. The molecule has 1 aromatic rings. The maximum Gasteiger partial charge on any atom is 0.0925 e. The number of unbranched alkanes of at least 4 members (excludes halogenated alkanes) is 1. The van der Waals surface area contributed by atoms with Gasteiger partial charge in [-0.3, -0.25) is 0 Å². The van der Waals surface area contributed by atoms with Gasteiger partial charge in [0.1, 0.15) is 0 Å². The minimum absolute atomic E-state index is 0.984. The molecule has 3 heteroatoms. The van der Waals surface area contributed by atoms with Crippen LogP contribution in [0.1, 0.15) is 36.6 Å². The summed E-state index contributed by atoms with van der Waals surface area (Å²) in [7, 11) is 0. The topological polar surface area (TPSA) is 24.9 Å². The molecule has 0 saturated heterocycles. The number of thiazole rings is 1. The summed E-state index contributed by atoms with van der Waals surface area (Å²) in [4.78, 5) is 5.67. The fraction of sp³-hybridized carbons (Fsp3) is 0.700. The number of aromatic nitrogens is 1. The molecule has 2 nitrogen and oxygen atoms in total. The second-order valence-electron chi connectivity index (χ2n) is 3.10. The summed E-state index contributed by atoms with van der Waals surface area (Å²) < 4.78 is 0. The SMILES string of the molecule is CCCCNCc1cnc(CC)s1. The van der Waals surface area contributed by atoms with Crippen LogP contribution in [0.3, 0.4) is 0 Å². The zero-order valence-electron chi connectivity index (χ0n) is 8.47. The van der Waals surface area contributed by atoms with E-state index >= 15 is 0 Å². The van der Waals surface area contributed by atoms with Crippen LogP contribution in [-0.4, -0.2) is 11.5 Å². The third-order valence-corrected chi connectivity index (χ3v) is 3.05. The molecule has 0 fully saturated rings. The van der Waals surface area contributed by atoms with Crippen LogP contribution in [0.15, 0.2) is 6.20 Å². The first-order chi connectivity index (χ1) is 6.36. The normalized spacial score (nSPS) is 10.6. The Balaban J connectivity index is 2.20. The first kappa shape index (κ1) is 10.7. The van der Waals surface area contributed by atoms with Gasteiger partial charge in [-0.25, -0.2) is 4.98 Å². The van der Waals surface area contributed by atoms with Gasteiger partial charge in [0, 0.05) is 17.6 Å². The minimum Gasteiger partial charge on any atom is -0.312 e. The quantitative estimate of drug-likeness (QED) is 0.711. The average molecular weight is 198 g/mol.